The summed E-state index contributed by atoms with van der Waals surface area (Å²) in [5.41, 5.74) is 6.27. The molecule has 3 heteroatoms. The van der Waals surface area contributed by atoms with E-state index in [-0.39, 0.29) is 11.9 Å². The van der Waals surface area contributed by atoms with Crippen molar-refractivity contribution in [2.24, 2.45) is 11.7 Å². The van der Waals surface area contributed by atoms with Crippen molar-refractivity contribution in [1.29, 1.82) is 0 Å². The SMILES string of the molecule is CC(C)CCCC(N)c1ncccc1F. The largest absolute Gasteiger partial charge is 0.323 e. The first-order chi connectivity index (χ1) is 7.11. The maximum Gasteiger partial charge on any atom is 0.146 e. The molecule has 1 rings (SSSR count). The topological polar surface area (TPSA) is 38.9 Å². The van der Waals surface area contributed by atoms with Crippen LogP contribution in [0.15, 0.2) is 18.3 Å². The fourth-order valence-corrected chi connectivity index (χ4v) is 1.55. The normalized spacial score (nSPS) is 13.1. The molecule has 2 nitrogen and oxygen atoms in total. The van der Waals surface area contributed by atoms with Crippen LogP contribution in [0, 0.1) is 11.7 Å². The average molecular weight is 210 g/mol. The van der Waals surface area contributed by atoms with E-state index in [0.717, 1.165) is 19.3 Å². The number of nitrogens with two attached hydrogens (primary N) is 1. The Bertz CT molecular complexity index is 299. The Kier molecular flexibility index (Phi) is 4.69. The zero-order valence-corrected chi connectivity index (χ0v) is 9.41. The molecule has 0 aliphatic rings. The Labute approximate surface area is 90.7 Å². The van der Waals surface area contributed by atoms with E-state index < -0.39 is 0 Å². The van der Waals surface area contributed by atoms with Gasteiger partial charge < -0.3 is 5.73 Å². The van der Waals surface area contributed by atoms with E-state index in [4.69, 9.17) is 5.73 Å². The molecule has 15 heavy (non-hydrogen) atoms. The summed E-state index contributed by atoms with van der Waals surface area (Å²) in [6.45, 7) is 4.35. The first-order valence-corrected chi connectivity index (χ1v) is 5.47. The third-order valence-electron chi connectivity index (χ3n) is 2.43. The highest BCUT2D eigenvalue weighted by Gasteiger charge is 2.11. The molecule has 1 unspecified atom stereocenters. The molecule has 0 aliphatic carbocycles. The average Bonchev–Trinajstić information content (AvgIpc) is 2.17. The molecule has 2 N–H and O–H groups in total. The standard InChI is InChI=1S/C12H19FN2/c1-9(2)5-3-7-11(14)12-10(13)6-4-8-15-12/h4,6,8-9,11H,3,5,7,14H2,1-2H3. The summed E-state index contributed by atoms with van der Waals surface area (Å²) < 4.78 is 13.3. The fraction of sp³-hybridized carbons (Fsp3) is 0.583. The minimum absolute atomic E-state index is 0.273. The van der Waals surface area contributed by atoms with E-state index >= 15 is 0 Å². The summed E-state index contributed by atoms with van der Waals surface area (Å²) in [5.74, 6) is 0.375. The maximum absolute atomic E-state index is 13.3. The lowest BCUT2D eigenvalue weighted by Gasteiger charge is -2.12. The van der Waals surface area contributed by atoms with E-state index in [1.807, 2.05) is 0 Å². The zero-order valence-electron chi connectivity index (χ0n) is 9.41. The maximum atomic E-state index is 13.3. The second-order valence-corrected chi connectivity index (χ2v) is 4.30. The second-order valence-electron chi connectivity index (χ2n) is 4.30. The third-order valence-corrected chi connectivity index (χ3v) is 2.43. The van der Waals surface area contributed by atoms with E-state index in [2.05, 4.69) is 18.8 Å². The van der Waals surface area contributed by atoms with Crippen LogP contribution in [0.3, 0.4) is 0 Å². The molecule has 1 atom stereocenters. The van der Waals surface area contributed by atoms with Crippen LogP contribution in [-0.4, -0.2) is 4.98 Å². The molecule has 0 amide bonds. The molecule has 0 spiro atoms. The number of nitrogens with zero attached hydrogens (tertiary/aromatic N) is 1. The van der Waals surface area contributed by atoms with Crippen LogP contribution in [0.1, 0.15) is 44.8 Å². The Morgan fingerprint density at radius 1 is 1.40 bits per heavy atom. The number of hydrogen-bond acceptors (Lipinski definition) is 2. The smallest absolute Gasteiger partial charge is 0.146 e. The number of pyridine rings is 1. The van der Waals surface area contributed by atoms with Gasteiger partial charge in [0.2, 0.25) is 0 Å². The van der Waals surface area contributed by atoms with E-state index in [9.17, 15) is 4.39 Å². The summed E-state index contributed by atoms with van der Waals surface area (Å²) in [4.78, 5) is 3.98. The third kappa shape index (κ3) is 3.96. The molecule has 84 valence electrons. The number of halogens is 1. The molecule has 1 aromatic heterocycles. The quantitative estimate of drug-likeness (QED) is 0.811. The van der Waals surface area contributed by atoms with Crippen LogP contribution >= 0.6 is 0 Å². The zero-order chi connectivity index (χ0) is 11.3. The molecular weight excluding hydrogens is 191 g/mol. The van der Waals surface area contributed by atoms with Crippen molar-refractivity contribution < 1.29 is 4.39 Å². The van der Waals surface area contributed by atoms with E-state index in [1.54, 1.807) is 12.3 Å². The lowest BCUT2D eigenvalue weighted by atomic mass is 10.0. The van der Waals surface area contributed by atoms with Gasteiger partial charge in [-0.25, -0.2) is 4.39 Å². The molecule has 0 saturated carbocycles. The van der Waals surface area contributed by atoms with Crippen molar-refractivity contribution in [1.82, 2.24) is 4.98 Å². The highest BCUT2D eigenvalue weighted by molar-refractivity contribution is 5.10. The minimum Gasteiger partial charge on any atom is -0.323 e. The number of aromatic nitrogens is 1. The van der Waals surface area contributed by atoms with Gasteiger partial charge in [-0.3, -0.25) is 4.98 Å². The summed E-state index contributed by atoms with van der Waals surface area (Å²) in [6, 6.07) is 2.72. The minimum atomic E-state index is -0.297. The molecule has 1 aromatic rings. The number of hydrogen-bond donors (Lipinski definition) is 1. The Morgan fingerprint density at radius 2 is 2.13 bits per heavy atom. The van der Waals surface area contributed by atoms with E-state index in [0.29, 0.717) is 11.6 Å². The summed E-state index contributed by atoms with van der Waals surface area (Å²) in [7, 11) is 0. The van der Waals surface area contributed by atoms with Crippen LogP contribution < -0.4 is 5.73 Å². The molecule has 0 aromatic carbocycles. The highest BCUT2D eigenvalue weighted by atomic mass is 19.1. The molecule has 0 aliphatic heterocycles. The van der Waals surface area contributed by atoms with Gasteiger partial charge in [0, 0.05) is 12.2 Å². The summed E-state index contributed by atoms with van der Waals surface area (Å²) in [5, 5.41) is 0. The first kappa shape index (κ1) is 12.1. The Morgan fingerprint density at radius 3 is 2.73 bits per heavy atom. The lowest BCUT2D eigenvalue weighted by Crippen LogP contribution is -2.14. The monoisotopic (exact) mass is 210 g/mol. The molecule has 0 fully saturated rings. The number of rotatable bonds is 5. The van der Waals surface area contributed by atoms with Gasteiger partial charge in [0.05, 0.1) is 5.69 Å². The van der Waals surface area contributed by atoms with Crippen LogP contribution in [-0.2, 0) is 0 Å². The molecule has 1 heterocycles. The molecular formula is C12H19FN2. The van der Waals surface area contributed by atoms with Crippen molar-refractivity contribution in [2.45, 2.75) is 39.2 Å². The Hall–Kier alpha value is -0.960. The van der Waals surface area contributed by atoms with Crippen molar-refractivity contribution in [3.63, 3.8) is 0 Å². The Balaban J connectivity index is 2.47. The van der Waals surface area contributed by atoms with Gasteiger partial charge in [-0.2, -0.15) is 0 Å². The highest BCUT2D eigenvalue weighted by Crippen LogP contribution is 2.18. The van der Waals surface area contributed by atoms with Gasteiger partial charge >= 0.3 is 0 Å². The summed E-state index contributed by atoms with van der Waals surface area (Å²) in [6.07, 6.45) is 4.53. The van der Waals surface area contributed by atoms with Crippen molar-refractivity contribution in [3.05, 3.63) is 29.8 Å². The van der Waals surface area contributed by atoms with Crippen molar-refractivity contribution in [3.8, 4) is 0 Å². The van der Waals surface area contributed by atoms with Gasteiger partial charge in [0.15, 0.2) is 0 Å². The van der Waals surface area contributed by atoms with Crippen LogP contribution in [0.2, 0.25) is 0 Å². The lowest BCUT2D eigenvalue weighted by molar-refractivity contribution is 0.485. The van der Waals surface area contributed by atoms with Gasteiger partial charge in [-0.1, -0.05) is 26.7 Å². The first-order valence-electron chi connectivity index (χ1n) is 5.47. The van der Waals surface area contributed by atoms with Crippen LogP contribution in [0.4, 0.5) is 4.39 Å². The predicted molar refractivity (Wildman–Crippen MR) is 59.8 cm³/mol. The van der Waals surface area contributed by atoms with Gasteiger partial charge in [-0.15, -0.1) is 0 Å². The van der Waals surface area contributed by atoms with Crippen LogP contribution in [0.5, 0.6) is 0 Å². The van der Waals surface area contributed by atoms with Gasteiger partial charge in [0.25, 0.3) is 0 Å². The van der Waals surface area contributed by atoms with Crippen molar-refractivity contribution >= 4 is 0 Å². The predicted octanol–water partition coefficient (Wildman–Crippen LogP) is 3.05. The second kappa shape index (κ2) is 5.81. The van der Waals surface area contributed by atoms with Crippen molar-refractivity contribution in [2.75, 3.05) is 0 Å². The molecule has 0 radical (unpaired) electrons. The van der Waals surface area contributed by atoms with Crippen LogP contribution in [0.25, 0.3) is 0 Å². The summed E-state index contributed by atoms with van der Waals surface area (Å²) >= 11 is 0. The van der Waals surface area contributed by atoms with Gasteiger partial charge in [0.1, 0.15) is 5.82 Å². The fourth-order valence-electron chi connectivity index (χ4n) is 1.55. The molecule has 0 saturated heterocycles. The molecule has 0 bridgehead atoms. The van der Waals surface area contributed by atoms with Gasteiger partial charge in [-0.05, 0) is 24.5 Å². The van der Waals surface area contributed by atoms with E-state index in [1.165, 1.54) is 6.07 Å².